The van der Waals surface area contributed by atoms with Crippen LogP contribution in [-0.2, 0) is 4.79 Å². The molecule has 1 saturated carbocycles. The van der Waals surface area contributed by atoms with Gasteiger partial charge in [0.1, 0.15) is 6.29 Å². The predicted octanol–water partition coefficient (Wildman–Crippen LogP) is 2.57. The molecule has 0 spiro atoms. The molecule has 0 aromatic carbocycles. The molecule has 2 fully saturated rings. The molecule has 2 atom stereocenters. The van der Waals surface area contributed by atoms with Crippen molar-refractivity contribution in [3.05, 3.63) is 0 Å². The van der Waals surface area contributed by atoms with Crippen LogP contribution in [0.2, 0.25) is 0 Å². The minimum Gasteiger partial charge on any atom is -0.303 e. The van der Waals surface area contributed by atoms with Crippen LogP contribution in [0.25, 0.3) is 0 Å². The maximum Gasteiger partial charge on any atom is 0.127 e. The number of hydrogen-bond donors (Lipinski definition) is 0. The Labute approximate surface area is 103 Å². The van der Waals surface area contributed by atoms with Crippen LogP contribution in [0, 0.1) is 5.41 Å². The molecule has 1 aliphatic heterocycles. The number of hydrogen-bond acceptors (Lipinski definition) is 3. The van der Waals surface area contributed by atoms with Gasteiger partial charge in [-0.25, -0.2) is 0 Å². The van der Waals surface area contributed by atoms with E-state index in [2.05, 4.69) is 30.5 Å². The van der Waals surface area contributed by atoms with Crippen molar-refractivity contribution >= 4 is 18.0 Å². The van der Waals surface area contributed by atoms with E-state index in [1.165, 1.54) is 19.1 Å². The first-order chi connectivity index (χ1) is 7.63. The molecule has 0 radical (unpaired) electrons. The van der Waals surface area contributed by atoms with E-state index < -0.39 is 0 Å². The van der Waals surface area contributed by atoms with Crippen molar-refractivity contribution in [2.24, 2.45) is 5.41 Å². The first kappa shape index (κ1) is 12.4. The fourth-order valence-electron chi connectivity index (χ4n) is 3.25. The molecule has 3 heteroatoms. The Bertz CT molecular complexity index is 240. The van der Waals surface area contributed by atoms with Crippen LogP contribution in [0.5, 0.6) is 0 Å². The summed E-state index contributed by atoms with van der Waals surface area (Å²) in [6.07, 6.45) is 5.96. The van der Waals surface area contributed by atoms with Gasteiger partial charge >= 0.3 is 0 Å². The molecule has 0 amide bonds. The summed E-state index contributed by atoms with van der Waals surface area (Å²) in [6, 6.07) is 0. The van der Waals surface area contributed by atoms with Gasteiger partial charge in [0.05, 0.1) is 0 Å². The Kier molecular flexibility index (Phi) is 3.96. The lowest BCUT2D eigenvalue weighted by atomic mass is 9.87. The van der Waals surface area contributed by atoms with E-state index in [1.54, 1.807) is 0 Å². The second-order valence-corrected chi connectivity index (χ2v) is 7.52. The maximum atomic E-state index is 11.3. The summed E-state index contributed by atoms with van der Waals surface area (Å²) >= 11 is 2.08. The van der Waals surface area contributed by atoms with Crippen molar-refractivity contribution in [3.8, 4) is 0 Å². The molecule has 1 saturated heterocycles. The third-order valence-corrected chi connectivity index (χ3v) is 5.11. The molecule has 0 aromatic heterocycles. The van der Waals surface area contributed by atoms with Crippen LogP contribution < -0.4 is 0 Å². The Morgan fingerprint density at radius 3 is 2.31 bits per heavy atom. The molecule has 2 rings (SSSR count). The Hall–Kier alpha value is -0.0200. The van der Waals surface area contributed by atoms with Gasteiger partial charge in [-0.2, -0.15) is 11.8 Å². The number of rotatable bonds is 3. The zero-order chi connectivity index (χ0) is 11.6. The molecule has 1 heterocycles. The van der Waals surface area contributed by atoms with Gasteiger partial charge in [0.2, 0.25) is 0 Å². The van der Waals surface area contributed by atoms with E-state index in [4.69, 9.17) is 0 Å². The highest BCUT2D eigenvalue weighted by atomic mass is 32.2. The van der Waals surface area contributed by atoms with E-state index in [0.717, 1.165) is 32.5 Å². The van der Waals surface area contributed by atoms with Gasteiger partial charge in [0.15, 0.2) is 0 Å². The average molecular weight is 241 g/mol. The van der Waals surface area contributed by atoms with Crippen molar-refractivity contribution in [1.29, 1.82) is 0 Å². The highest BCUT2D eigenvalue weighted by Crippen LogP contribution is 2.38. The molecule has 2 unspecified atom stereocenters. The minimum atomic E-state index is 0.00144. The van der Waals surface area contributed by atoms with Crippen molar-refractivity contribution in [2.45, 2.75) is 50.0 Å². The summed E-state index contributed by atoms with van der Waals surface area (Å²) in [4.78, 5) is 13.9. The van der Waals surface area contributed by atoms with Crippen LogP contribution in [-0.4, -0.2) is 41.3 Å². The first-order valence-electron chi connectivity index (χ1n) is 6.48. The smallest absolute Gasteiger partial charge is 0.127 e. The number of aldehydes is 1. The van der Waals surface area contributed by atoms with Gasteiger partial charge < -0.3 is 9.69 Å². The van der Waals surface area contributed by atoms with E-state index in [0.29, 0.717) is 10.5 Å². The molecule has 2 nitrogen and oxygen atoms in total. The second-order valence-electron chi connectivity index (χ2n) is 5.64. The van der Waals surface area contributed by atoms with Gasteiger partial charge in [-0.15, -0.1) is 0 Å². The molecule has 16 heavy (non-hydrogen) atoms. The van der Waals surface area contributed by atoms with Gasteiger partial charge in [-0.1, -0.05) is 26.7 Å². The van der Waals surface area contributed by atoms with Crippen LogP contribution >= 0.6 is 11.8 Å². The number of nitrogens with zero attached hydrogens (tertiary/aromatic N) is 1. The van der Waals surface area contributed by atoms with Gasteiger partial charge in [0, 0.05) is 35.5 Å². The largest absolute Gasteiger partial charge is 0.303 e. The van der Waals surface area contributed by atoms with Crippen molar-refractivity contribution < 1.29 is 4.79 Å². The van der Waals surface area contributed by atoms with Crippen LogP contribution in [0.3, 0.4) is 0 Å². The molecule has 92 valence electrons. The highest BCUT2D eigenvalue weighted by Gasteiger charge is 2.36. The summed E-state index contributed by atoms with van der Waals surface area (Å²) < 4.78 is 0. The number of carbonyl (C=O) groups is 1. The molecule has 0 aromatic rings. The van der Waals surface area contributed by atoms with Crippen molar-refractivity contribution in [1.82, 2.24) is 4.90 Å². The Balaban J connectivity index is 1.94. The zero-order valence-electron chi connectivity index (χ0n) is 10.4. The van der Waals surface area contributed by atoms with E-state index in [-0.39, 0.29) is 5.41 Å². The molecule has 2 aliphatic rings. The lowest BCUT2D eigenvalue weighted by Crippen LogP contribution is -2.46. The molecular weight excluding hydrogens is 218 g/mol. The first-order valence-corrected chi connectivity index (χ1v) is 7.42. The summed E-state index contributed by atoms with van der Waals surface area (Å²) in [5, 5.41) is 1.43. The highest BCUT2D eigenvalue weighted by molar-refractivity contribution is 8.00. The fourth-order valence-corrected chi connectivity index (χ4v) is 4.64. The van der Waals surface area contributed by atoms with Crippen molar-refractivity contribution in [2.75, 3.05) is 19.6 Å². The lowest BCUT2D eigenvalue weighted by molar-refractivity contribution is -0.117. The molecular formula is C13H23NOS. The van der Waals surface area contributed by atoms with E-state index in [1.807, 2.05) is 0 Å². The molecule has 0 bridgehead atoms. The van der Waals surface area contributed by atoms with E-state index >= 15 is 0 Å². The van der Waals surface area contributed by atoms with Gasteiger partial charge in [0.25, 0.3) is 0 Å². The van der Waals surface area contributed by atoms with Gasteiger partial charge in [-0.3, -0.25) is 0 Å². The molecule has 1 aliphatic carbocycles. The lowest BCUT2D eigenvalue weighted by Gasteiger charge is -2.38. The summed E-state index contributed by atoms with van der Waals surface area (Å²) in [6.45, 7) is 7.92. The summed E-state index contributed by atoms with van der Waals surface area (Å²) in [5.74, 6) is 0. The normalized spacial score (nSPS) is 35.1. The Morgan fingerprint density at radius 2 is 1.81 bits per heavy atom. The quantitative estimate of drug-likeness (QED) is 0.708. The van der Waals surface area contributed by atoms with Gasteiger partial charge in [-0.05, 0) is 12.8 Å². The monoisotopic (exact) mass is 241 g/mol. The second kappa shape index (κ2) is 5.09. The summed E-state index contributed by atoms with van der Waals surface area (Å²) in [5.41, 5.74) is 0.00144. The standard InChI is InChI=1S/C13H23NOS/c1-11-7-14(8-12(2)16-11)9-13(10-15)5-3-4-6-13/h10-12H,3-9H2,1-2H3. The summed E-state index contributed by atoms with van der Waals surface area (Å²) in [7, 11) is 0. The van der Waals surface area contributed by atoms with Crippen molar-refractivity contribution in [3.63, 3.8) is 0 Å². The minimum absolute atomic E-state index is 0.00144. The number of thioether (sulfide) groups is 1. The SMILES string of the molecule is CC1CN(CC2(C=O)CCCC2)CC(C)S1. The van der Waals surface area contributed by atoms with E-state index in [9.17, 15) is 4.79 Å². The van der Waals surface area contributed by atoms with Crippen LogP contribution in [0.15, 0.2) is 0 Å². The van der Waals surface area contributed by atoms with Crippen LogP contribution in [0.4, 0.5) is 0 Å². The maximum absolute atomic E-state index is 11.3. The number of carbonyl (C=O) groups excluding carboxylic acids is 1. The molecule has 0 N–H and O–H groups in total. The topological polar surface area (TPSA) is 20.3 Å². The predicted molar refractivity (Wildman–Crippen MR) is 69.9 cm³/mol. The fraction of sp³-hybridized carbons (Fsp3) is 0.923. The Morgan fingerprint density at radius 1 is 1.25 bits per heavy atom. The zero-order valence-corrected chi connectivity index (χ0v) is 11.3. The third-order valence-electron chi connectivity index (χ3n) is 3.88. The average Bonchev–Trinajstić information content (AvgIpc) is 2.65. The van der Waals surface area contributed by atoms with Crippen LogP contribution in [0.1, 0.15) is 39.5 Å². The third kappa shape index (κ3) is 2.80.